The normalized spacial score (nSPS) is 20.4. The van der Waals surface area contributed by atoms with Gasteiger partial charge in [0.15, 0.2) is 11.6 Å². The first-order valence-electron chi connectivity index (χ1n) is 7.06. The highest BCUT2D eigenvalue weighted by molar-refractivity contribution is 6.28. The molecule has 4 nitrogen and oxygen atoms in total. The van der Waals surface area contributed by atoms with E-state index < -0.39 is 5.82 Å². The van der Waals surface area contributed by atoms with Crippen LogP contribution in [0.2, 0.25) is 5.28 Å². The lowest BCUT2D eigenvalue weighted by atomic mass is 10.0. The molecule has 6 heteroatoms. The molecule has 1 atom stereocenters. The number of nitrogens with one attached hydrogen (secondary N) is 1. The summed E-state index contributed by atoms with van der Waals surface area (Å²) >= 11 is 5.67. The molecule has 1 fully saturated rings. The first-order valence-corrected chi connectivity index (χ1v) is 7.44. The molecular weight excluding hydrogens is 279 g/mol. The van der Waals surface area contributed by atoms with Crippen LogP contribution in [0.1, 0.15) is 40.0 Å². The first kappa shape index (κ1) is 15.4. The lowest BCUT2D eigenvalue weighted by molar-refractivity contribution is 0.118. The minimum absolute atomic E-state index is 0.0612. The zero-order valence-corrected chi connectivity index (χ0v) is 13.0. The second-order valence-electron chi connectivity index (χ2n) is 6.21. The minimum atomic E-state index is -0.464. The third kappa shape index (κ3) is 3.79. The SMILES string of the molecule is CC(C)(C)N1CCC[C@H]1CCNc1nc(Cl)ncc1F. The molecule has 0 spiro atoms. The van der Waals surface area contributed by atoms with Crippen molar-refractivity contribution in [1.29, 1.82) is 0 Å². The van der Waals surface area contributed by atoms with Crippen LogP contribution in [-0.4, -0.2) is 39.5 Å². The molecule has 1 aromatic heterocycles. The van der Waals surface area contributed by atoms with Crippen molar-refractivity contribution in [3.63, 3.8) is 0 Å². The second-order valence-corrected chi connectivity index (χ2v) is 6.55. The predicted octanol–water partition coefficient (Wildman–Crippen LogP) is 3.33. The summed E-state index contributed by atoms with van der Waals surface area (Å²) in [4.78, 5) is 9.99. The molecule has 1 N–H and O–H groups in total. The lowest BCUT2D eigenvalue weighted by Crippen LogP contribution is -2.45. The number of rotatable bonds is 4. The number of hydrogen-bond donors (Lipinski definition) is 1. The Morgan fingerprint density at radius 3 is 2.95 bits per heavy atom. The summed E-state index contributed by atoms with van der Waals surface area (Å²) in [7, 11) is 0. The van der Waals surface area contributed by atoms with Gasteiger partial charge in [-0.05, 0) is 58.2 Å². The highest BCUT2D eigenvalue weighted by Crippen LogP contribution is 2.28. The van der Waals surface area contributed by atoms with Crippen LogP contribution in [0.5, 0.6) is 0 Å². The van der Waals surface area contributed by atoms with Crippen molar-refractivity contribution in [2.24, 2.45) is 0 Å². The van der Waals surface area contributed by atoms with Crippen molar-refractivity contribution in [3.8, 4) is 0 Å². The third-order valence-corrected chi connectivity index (χ3v) is 3.91. The molecule has 0 bridgehead atoms. The molecule has 0 aromatic carbocycles. The van der Waals surface area contributed by atoms with Gasteiger partial charge in [-0.15, -0.1) is 0 Å². The lowest BCUT2D eigenvalue weighted by Gasteiger charge is -2.37. The largest absolute Gasteiger partial charge is 0.367 e. The molecule has 1 aromatic rings. The summed E-state index contributed by atoms with van der Waals surface area (Å²) in [5.41, 5.74) is 0.185. The van der Waals surface area contributed by atoms with E-state index in [1.165, 1.54) is 12.8 Å². The van der Waals surface area contributed by atoms with Crippen molar-refractivity contribution in [2.45, 2.75) is 51.6 Å². The van der Waals surface area contributed by atoms with Crippen LogP contribution >= 0.6 is 11.6 Å². The summed E-state index contributed by atoms with van der Waals surface area (Å²) in [6.07, 6.45) is 4.49. The predicted molar refractivity (Wildman–Crippen MR) is 79.6 cm³/mol. The average molecular weight is 301 g/mol. The van der Waals surface area contributed by atoms with E-state index in [1.807, 2.05) is 0 Å². The van der Waals surface area contributed by atoms with E-state index in [0.717, 1.165) is 19.2 Å². The number of likely N-dealkylation sites (tertiary alicyclic amines) is 1. The van der Waals surface area contributed by atoms with Gasteiger partial charge < -0.3 is 5.32 Å². The Labute approximate surface area is 124 Å². The van der Waals surface area contributed by atoms with Crippen molar-refractivity contribution in [3.05, 3.63) is 17.3 Å². The monoisotopic (exact) mass is 300 g/mol. The molecule has 112 valence electrons. The topological polar surface area (TPSA) is 41.0 Å². The number of hydrogen-bond acceptors (Lipinski definition) is 4. The zero-order chi connectivity index (χ0) is 14.8. The van der Waals surface area contributed by atoms with Gasteiger partial charge in [0.05, 0.1) is 6.20 Å². The number of aromatic nitrogens is 2. The molecule has 0 radical (unpaired) electrons. The zero-order valence-electron chi connectivity index (χ0n) is 12.3. The maximum Gasteiger partial charge on any atom is 0.224 e. The van der Waals surface area contributed by atoms with E-state index >= 15 is 0 Å². The summed E-state index contributed by atoms with van der Waals surface area (Å²) in [5, 5.41) is 3.08. The number of anilines is 1. The Bertz CT molecular complexity index is 461. The smallest absolute Gasteiger partial charge is 0.224 e. The van der Waals surface area contributed by atoms with E-state index in [-0.39, 0.29) is 16.6 Å². The quantitative estimate of drug-likeness (QED) is 0.866. The van der Waals surface area contributed by atoms with E-state index in [0.29, 0.717) is 12.6 Å². The molecule has 2 heterocycles. The van der Waals surface area contributed by atoms with E-state index in [1.54, 1.807) is 0 Å². The van der Waals surface area contributed by atoms with Gasteiger partial charge in [-0.25, -0.2) is 9.37 Å². The van der Waals surface area contributed by atoms with Gasteiger partial charge in [0.25, 0.3) is 0 Å². The van der Waals surface area contributed by atoms with Crippen LogP contribution < -0.4 is 5.32 Å². The second kappa shape index (κ2) is 6.22. The van der Waals surface area contributed by atoms with Crippen molar-refractivity contribution < 1.29 is 4.39 Å². The fourth-order valence-electron chi connectivity index (χ4n) is 2.85. The molecule has 0 saturated carbocycles. The van der Waals surface area contributed by atoms with Crippen molar-refractivity contribution in [1.82, 2.24) is 14.9 Å². The van der Waals surface area contributed by atoms with Gasteiger partial charge in [-0.2, -0.15) is 4.98 Å². The number of nitrogens with zero attached hydrogens (tertiary/aromatic N) is 3. The average Bonchev–Trinajstić information content (AvgIpc) is 2.82. The molecular formula is C14H22ClFN4. The van der Waals surface area contributed by atoms with Crippen LogP contribution in [0.15, 0.2) is 6.20 Å². The summed E-state index contributed by atoms with van der Waals surface area (Å²) in [5.74, 6) is -0.279. The van der Waals surface area contributed by atoms with Gasteiger partial charge in [0.2, 0.25) is 5.28 Å². The molecule has 0 amide bonds. The maximum atomic E-state index is 13.5. The molecule has 20 heavy (non-hydrogen) atoms. The standard InChI is InChI=1S/C14H22ClFN4/c1-14(2,3)20-8-4-5-10(20)6-7-17-12-11(16)9-18-13(15)19-12/h9-10H,4-8H2,1-3H3,(H,17,18,19)/t10-/m0/s1. The fraction of sp³-hybridized carbons (Fsp3) is 0.714. The fourth-order valence-corrected chi connectivity index (χ4v) is 2.98. The molecule has 0 unspecified atom stereocenters. The van der Waals surface area contributed by atoms with Crippen LogP contribution in [0, 0.1) is 5.82 Å². The Kier molecular flexibility index (Phi) is 4.81. The van der Waals surface area contributed by atoms with Crippen LogP contribution in [-0.2, 0) is 0 Å². The molecule has 1 aliphatic heterocycles. The van der Waals surface area contributed by atoms with Crippen LogP contribution in [0.3, 0.4) is 0 Å². The van der Waals surface area contributed by atoms with Gasteiger partial charge in [-0.3, -0.25) is 4.90 Å². The van der Waals surface area contributed by atoms with Gasteiger partial charge in [0.1, 0.15) is 0 Å². The number of halogens is 2. The van der Waals surface area contributed by atoms with Gasteiger partial charge in [-0.1, -0.05) is 0 Å². The summed E-state index contributed by atoms with van der Waals surface area (Å²) in [6.45, 7) is 8.54. The van der Waals surface area contributed by atoms with E-state index in [2.05, 4.69) is 41.0 Å². The first-order chi connectivity index (χ1) is 9.38. The van der Waals surface area contributed by atoms with Gasteiger partial charge in [0, 0.05) is 18.1 Å². The Morgan fingerprint density at radius 1 is 1.50 bits per heavy atom. The Morgan fingerprint density at radius 2 is 2.25 bits per heavy atom. The van der Waals surface area contributed by atoms with E-state index in [4.69, 9.17) is 11.6 Å². The van der Waals surface area contributed by atoms with Crippen molar-refractivity contribution in [2.75, 3.05) is 18.4 Å². The molecule has 0 aliphatic carbocycles. The van der Waals surface area contributed by atoms with Crippen molar-refractivity contribution >= 4 is 17.4 Å². The summed E-state index contributed by atoms with van der Waals surface area (Å²) < 4.78 is 13.5. The molecule has 1 aliphatic rings. The third-order valence-electron chi connectivity index (χ3n) is 3.72. The maximum absolute atomic E-state index is 13.5. The van der Waals surface area contributed by atoms with E-state index in [9.17, 15) is 4.39 Å². The highest BCUT2D eigenvalue weighted by atomic mass is 35.5. The van der Waals surface area contributed by atoms with Gasteiger partial charge >= 0.3 is 0 Å². The molecule has 1 saturated heterocycles. The highest BCUT2D eigenvalue weighted by Gasteiger charge is 2.32. The summed E-state index contributed by atoms with van der Waals surface area (Å²) in [6, 6.07) is 0.544. The van der Waals surface area contributed by atoms with Crippen LogP contribution in [0.25, 0.3) is 0 Å². The Balaban J connectivity index is 1.88. The minimum Gasteiger partial charge on any atom is -0.367 e. The molecule has 2 rings (SSSR count). The van der Waals surface area contributed by atoms with Crippen LogP contribution in [0.4, 0.5) is 10.2 Å². The Hall–Kier alpha value is -0.940.